The van der Waals surface area contributed by atoms with Gasteiger partial charge in [-0.25, -0.2) is 0 Å². The highest BCUT2D eigenvalue weighted by Gasteiger charge is 2.11. The molecule has 0 aromatic heterocycles. The van der Waals surface area contributed by atoms with Crippen LogP contribution in [0.25, 0.3) is 0 Å². The minimum atomic E-state index is -0.691. The van der Waals surface area contributed by atoms with E-state index in [1.807, 2.05) is 6.92 Å². The number of rotatable bonds is 4. The monoisotopic (exact) mass is 321 g/mol. The molecule has 0 aliphatic carbocycles. The van der Waals surface area contributed by atoms with Crippen LogP contribution in [0.4, 0.5) is 0 Å². The molecule has 1 aromatic rings. The molecule has 130 valence electrons. The van der Waals surface area contributed by atoms with Gasteiger partial charge >= 0.3 is 5.97 Å². The minimum absolute atomic E-state index is 0.118. The topological polar surface area (TPSA) is 72.5 Å². The quantitative estimate of drug-likeness (QED) is 0.877. The van der Waals surface area contributed by atoms with E-state index in [2.05, 4.69) is 39.0 Å². The van der Waals surface area contributed by atoms with Gasteiger partial charge in [-0.3, -0.25) is 4.79 Å². The highest BCUT2D eigenvalue weighted by Crippen LogP contribution is 2.21. The smallest absolute Gasteiger partial charge is 0.303 e. The Morgan fingerprint density at radius 3 is 2.61 bits per heavy atom. The number of carbonyl (C=O) groups is 1. The summed E-state index contributed by atoms with van der Waals surface area (Å²) in [6.07, 6.45) is 3.12. The Labute approximate surface area is 140 Å². The first kappa shape index (κ1) is 19.7. The van der Waals surface area contributed by atoms with Crippen LogP contribution in [0.2, 0.25) is 0 Å². The van der Waals surface area contributed by atoms with Gasteiger partial charge in [-0.2, -0.15) is 0 Å². The van der Waals surface area contributed by atoms with Crippen molar-refractivity contribution in [3.05, 3.63) is 34.9 Å². The van der Waals surface area contributed by atoms with Gasteiger partial charge in [0.2, 0.25) is 0 Å². The molecule has 0 fully saturated rings. The van der Waals surface area contributed by atoms with E-state index in [1.165, 1.54) is 16.7 Å². The Balaban J connectivity index is 0.000000241. The molecule has 1 aromatic carbocycles. The Kier molecular flexibility index (Phi) is 7.73. The lowest BCUT2D eigenvalue weighted by Crippen LogP contribution is -2.12. The van der Waals surface area contributed by atoms with Crippen LogP contribution >= 0.6 is 0 Å². The summed E-state index contributed by atoms with van der Waals surface area (Å²) >= 11 is 0. The first-order valence-electron chi connectivity index (χ1n) is 8.36. The maximum Gasteiger partial charge on any atom is 0.303 e. The van der Waals surface area contributed by atoms with Crippen LogP contribution in [0, 0.1) is 5.41 Å². The number of carboxylic acid groups (broad SMARTS) is 1. The zero-order valence-electron chi connectivity index (χ0n) is 14.9. The van der Waals surface area contributed by atoms with Crippen LogP contribution in [0.3, 0.4) is 0 Å². The average molecular weight is 321 g/mol. The second-order valence-electron chi connectivity index (χ2n) is 7.43. The second-order valence-corrected chi connectivity index (χ2v) is 7.43. The molecule has 1 aliphatic rings. The molecular formula is C19H31NO3. The number of benzene rings is 1. The van der Waals surface area contributed by atoms with Crippen LogP contribution in [0.1, 0.15) is 69.7 Å². The summed E-state index contributed by atoms with van der Waals surface area (Å²) in [5.41, 5.74) is 10.00. The van der Waals surface area contributed by atoms with Crippen LogP contribution in [-0.4, -0.2) is 17.7 Å². The van der Waals surface area contributed by atoms with Crippen molar-refractivity contribution >= 4 is 5.97 Å². The van der Waals surface area contributed by atoms with E-state index in [4.69, 9.17) is 15.6 Å². The highest BCUT2D eigenvalue weighted by molar-refractivity contribution is 5.66. The molecule has 23 heavy (non-hydrogen) atoms. The van der Waals surface area contributed by atoms with E-state index >= 15 is 0 Å². The van der Waals surface area contributed by atoms with Crippen molar-refractivity contribution in [2.24, 2.45) is 11.1 Å². The Morgan fingerprint density at radius 1 is 1.35 bits per heavy atom. The molecule has 0 bridgehead atoms. The summed E-state index contributed by atoms with van der Waals surface area (Å²) in [5.74, 6) is -0.691. The van der Waals surface area contributed by atoms with E-state index in [1.54, 1.807) is 0 Å². The molecule has 3 N–H and O–H groups in total. The SMILES string of the molecule is CC(C)(C)CCCC(=O)O.CC(N)c1ccc2c(c1)COCC2. The van der Waals surface area contributed by atoms with E-state index in [-0.39, 0.29) is 11.5 Å². The van der Waals surface area contributed by atoms with Gasteiger partial charge in [0, 0.05) is 12.5 Å². The molecular weight excluding hydrogens is 290 g/mol. The standard InChI is InChI=1S/C11H15NO.C8H16O2/c1-8(12)10-3-2-9-4-5-13-7-11(9)6-10;1-8(2,3)6-4-5-7(9)10/h2-3,6,8H,4-5,7,12H2,1H3;4-6H2,1-3H3,(H,9,10). The minimum Gasteiger partial charge on any atom is -0.481 e. The van der Waals surface area contributed by atoms with Gasteiger partial charge < -0.3 is 15.6 Å². The van der Waals surface area contributed by atoms with Gasteiger partial charge in [-0.15, -0.1) is 0 Å². The maximum absolute atomic E-state index is 10.1. The summed E-state index contributed by atoms with van der Waals surface area (Å²) in [6.45, 7) is 9.96. The fourth-order valence-electron chi connectivity index (χ4n) is 2.44. The van der Waals surface area contributed by atoms with E-state index in [9.17, 15) is 4.79 Å². The first-order chi connectivity index (χ1) is 10.7. The van der Waals surface area contributed by atoms with Crippen molar-refractivity contribution in [2.45, 2.75) is 66.0 Å². The van der Waals surface area contributed by atoms with E-state index in [0.717, 1.165) is 32.5 Å². The lowest BCUT2D eigenvalue weighted by Gasteiger charge is -2.18. The predicted molar refractivity (Wildman–Crippen MR) is 93.3 cm³/mol. The van der Waals surface area contributed by atoms with Crippen molar-refractivity contribution in [3.8, 4) is 0 Å². The molecule has 4 nitrogen and oxygen atoms in total. The second kappa shape index (κ2) is 9.04. The van der Waals surface area contributed by atoms with Crippen molar-refractivity contribution in [2.75, 3.05) is 6.61 Å². The van der Waals surface area contributed by atoms with Crippen LogP contribution in [0.5, 0.6) is 0 Å². The third-order valence-corrected chi connectivity index (χ3v) is 3.85. The third kappa shape index (κ3) is 8.14. The summed E-state index contributed by atoms with van der Waals surface area (Å²) < 4.78 is 5.39. The lowest BCUT2D eigenvalue weighted by atomic mass is 9.90. The van der Waals surface area contributed by atoms with Gasteiger partial charge in [-0.1, -0.05) is 39.0 Å². The zero-order valence-corrected chi connectivity index (χ0v) is 14.9. The van der Waals surface area contributed by atoms with E-state index in [0.29, 0.717) is 6.42 Å². The molecule has 0 saturated heterocycles. The predicted octanol–water partition coefficient (Wildman–Crippen LogP) is 4.07. The number of nitrogens with two attached hydrogens (primary N) is 1. The first-order valence-corrected chi connectivity index (χ1v) is 8.36. The van der Waals surface area contributed by atoms with Crippen molar-refractivity contribution < 1.29 is 14.6 Å². The van der Waals surface area contributed by atoms with Crippen LogP contribution < -0.4 is 5.73 Å². The zero-order chi connectivity index (χ0) is 17.5. The largest absolute Gasteiger partial charge is 0.481 e. The number of ether oxygens (including phenoxy) is 1. The van der Waals surface area contributed by atoms with Gasteiger partial charge in [0.05, 0.1) is 13.2 Å². The van der Waals surface area contributed by atoms with Crippen LogP contribution in [-0.2, 0) is 22.6 Å². The molecule has 1 heterocycles. The number of fused-ring (bicyclic) bond motifs is 1. The normalized spacial score (nSPS) is 15.2. The number of hydrogen-bond acceptors (Lipinski definition) is 3. The van der Waals surface area contributed by atoms with Gasteiger partial charge in [0.25, 0.3) is 0 Å². The molecule has 0 radical (unpaired) electrons. The molecule has 0 amide bonds. The molecule has 2 rings (SSSR count). The highest BCUT2D eigenvalue weighted by atomic mass is 16.5. The Hall–Kier alpha value is -1.39. The molecule has 0 spiro atoms. The molecule has 1 unspecified atom stereocenters. The third-order valence-electron chi connectivity index (χ3n) is 3.85. The molecule has 0 saturated carbocycles. The summed E-state index contributed by atoms with van der Waals surface area (Å²) in [6, 6.07) is 6.58. The number of aliphatic carboxylic acids is 1. The van der Waals surface area contributed by atoms with Gasteiger partial charge in [-0.05, 0) is 48.3 Å². The lowest BCUT2D eigenvalue weighted by molar-refractivity contribution is -0.137. The maximum atomic E-state index is 10.1. The molecule has 4 heteroatoms. The summed E-state index contributed by atoms with van der Waals surface area (Å²) in [5, 5.41) is 8.31. The number of hydrogen-bond donors (Lipinski definition) is 2. The summed E-state index contributed by atoms with van der Waals surface area (Å²) in [4.78, 5) is 10.1. The van der Waals surface area contributed by atoms with Gasteiger partial charge in [0.1, 0.15) is 0 Å². The van der Waals surface area contributed by atoms with Crippen molar-refractivity contribution in [1.82, 2.24) is 0 Å². The fraction of sp³-hybridized carbons (Fsp3) is 0.632. The summed E-state index contributed by atoms with van der Waals surface area (Å²) in [7, 11) is 0. The number of carboxylic acids is 1. The van der Waals surface area contributed by atoms with Crippen molar-refractivity contribution in [1.29, 1.82) is 0 Å². The van der Waals surface area contributed by atoms with Crippen molar-refractivity contribution in [3.63, 3.8) is 0 Å². The van der Waals surface area contributed by atoms with E-state index < -0.39 is 5.97 Å². The average Bonchev–Trinajstić information content (AvgIpc) is 2.45. The molecule has 1 aliphatic heterocycles. The Bertz CT molecular complexity index is 504. The van der Waals surface area contributed by atoms with Crippen LogP contribution in [0.15, 0.2) is 18.2 Å². The fourth-order valence-corrected chi connectivity index (χ4v) is 2.44. The Morgan fingerprint density at radius 2 is 2.04 bits per heavy atom. The van der Waals surface area contributed by atoms with Gasteiger partial charge in [0.15, 0.2) is 0 Å². The molecule has 1 atom stereocenters.